The van der Waals surface area contributed by atoms with Crippen molar-refractivity contribution in [2.24, 2.45) is 0 Å². The third kappa shape index (κ3) is 2.77. The second-order valence-electron chi connectivity index (χ2n) is 1.91. The van der Waals surface area contributed by atoms with E-state index in [1.54, 1.807) is 0 Å². The molecule has 0 heterocycles. The van der Waals surface area contributed by atoms with Gasteiger partial charge in [-0.2, -0.15) is 8.78 Å². The monoisotopic (exact) mass is 190 g/mol. The van der Waals surface area contributed by atoms with Crippen molar-refractivity contribution in [3.8, 4) is 0 Å². The van der Waals surface area contributed by atoms with E-state index < -0.39 is 25.3 Å². The lowest BCUT2D eigenvalue weighted by molar-refractivity contribution is -0.245. The summed E-state index contributed by atoms with van der Waals surface area (Å²) in [6.07, 6.45) is -6.39. The first-order valence-electron chi connectivity index (χ1n) is 2.95. The maximum absolute atomic E-state index is 12.1. The Hall–Kier alpha value is -0.650. The second-order valence-corrected chi connectivity index (χ2v) is 1.91. The Morgan fingerprint density at radius 1 is 1.33 bits per heavy atom. The molecule has 0 spiro atoms. The Labute approximate surface area is 65.8 Å². The van der Waals surface area contributed by atoms with Crippen LogP contribution in [0.15, 0.2) is 12.7 Å². The van der Waals surface area contributed by atoms with Crippen LogP contribution >= 0.6 is 0 Å². The van der Waals surface area contributed by atoms with E-state index in [0.29, 0.717) is 0 Å². The van der Waals surface area contributed by atoms with Crippen LogP contribution in [0.25, 0.3) is 0 Å². The molecule has 0 aliphatic carbocycles. The summed E-state index contributed by atoms with van der Waals surface area (Å²) in [4.78, 5) is 0. The first-order chi connectivity index (χ1) is 5.42. The van der Waals surface area contributed by atoms with Crippen molar-refractivity contribution in [3.63, 3.8) is 0 Å². The summed E-state index contributed by atoms with van der Waals surface area (Å²) in [6, 6.07) is 0. The van der Waals surface area contributed by atoms with Gasteiger partial charge in [-0.05, 0) is 0 Å². The number of halogens is 5. The Balaban J connectivity index is 4.05. The van der Waals surface area contributed by atoms with Gasteiger partial charge in [0.1, 0.15) is 0 Å². The number of hydrogen-bond donors (Lipinski definition) is 0. The summed E-state index contributed by atoms with van der Waals surface area (Å²) in [7, 11) is 0. The van der Waals surface area contributed by atoms with Crippen molar-refractivity contribution >= 4 is 0 Å². The van der Waals surface area contributed by atoms with E-state index >= 15 is 0 Å². The molecular weight excluding hydrogens is 183 g/mol. The van der Waals surface area contributed by atoms with Gasteiger partial charge in [-0.1, -0.05) is 6.08 Å². The molecule has 0 aromatic rings. The van der Waals surface area contributed by atoms with E-state index in [9.17, 15) is 22.0 Å². The average molecular weight is 190 g/mol. The van der Waals surface area contributed by atoms with Crippen molar-refractivity contribution in [2.75, 3.05) is 6.61 Å². The molecule has 0 amide bonds. The quantitative estimate of drug-likeness (QED) is 0.477. The van der Waals surface area contributed by atoms with E-state index in [2.05, 4.69) is 11.3 Å². The molecule has 0 saturated carbocycles. The molecule has 0 rings (SSSR count). The minimum atomic E-state index is -4.76. The van der Waals surface area contributed by atoms with Crippen LogP contribution in [0.2, 0.25) is 0 Å². The van der Waals surface area contributed by atoms with Gasteiger partial charge in [0.25, 0.3) is 6.36 Å². The number of hydrogen-bond acceptors (Lipinski definition) is 1. The third-order valence-corrected chi connectivity index (χ3v) is 0.954. The average Bonchev–Trinajstić information content (AvgIpc) is 1.99. The molecule has 0 fully saturated rings. The van der Waals surface area contributed by atoms with Gasteiger partial charge in [0.05, 0.1) is 6.61 Å². The van der Waals surface area contributed by atoms with Gasteiger partial charge in [0.15, 0.2) is 0 Å². The summed E-state index contributed by atoms with van der Waals surface area (Å²) in [6.45, 7) is 2.50. The van der Waals surface area contributed by atoms with Crippen LogP contribution < -0.4 is 0 Å². The molecule has 0 radical (unpaired) electrons. The molecule has 12 heavy (non-hydrogen) atoms. The predicted molar refractivity (Wildman–Crippen MR) is 32.0 cm³/mol. The summed E-state index contributed by atoms with van der Waals surface area (Å²) in [5, 5.41) is 0. The highest BCUT2D eigenvalue weighted by atomic mass is 19.3. The first-order valence-corrected chi connectivity index (χ1v) is 2.95. The van der Waals surface area contributed by atoms with Gasteiger partial charge in [0, 0.05) is 0 Å². The smallest absolute Gasteiger partial charge is 0.339 e. The van der Waals surface area contributed by atoms with Crippen LogP contribution in [0.3, 0.4) is 0 Å². The van der Waals surface area contributed by atoms with Gasteiger partial charge in [-0.25, -0.2) is 13.2 Å². The SMILES string of the molecule is C=CCOC(F)C(F)(F)C(F)F. The van der Waals surface area contributed by atoms with E-state index in [1.165, 1.54) is 0 Å². The fraction of sp³-hybridized carbons (Fsp3) is 0.667. The van der Waals surface area contributed by atoms with E-state index in [0.717, 1.165) is 6.08 Å². The third-order valence-electron chi connectivity index (χ3n) is 0.954. The molecule has 0 aromatic carbocycles. The highest BCUT2D eigenvalue weighted by Crippen LogP contribution is 2.29. The fourth-order valence-electron chi connectivity index (χ4n) is 0.363. The molecule has 1 atom stereocenters. The Kier molecular flexibility index (Phi) is 4.16. The van der Waals surface area contributed by atoms with Gasteiger partial charge in [-0.15, -0.1) is 6.58 Å². The van der Waals surface area contributed by atoms with Crippen LogP contribution in [0, 0.1) is 0 Å². The number of alkyl halides is 5. The Morgan fingerprint density at radius 2 is 1.83 bits per heavy atom. The van der Waals surface area contributed by atoms with Crippen molar-refractivity contribution in [1.29, 1.82) is 0 Å². The Bertz CT molecular complexity index is 147. The largest absolute Gasteiger partial charge is 0.361 e. The van der Waals surface area contributed by atoms with Crippen LogP contribution in [-0.4, -0.2) is 25.3 Å². The lowest BCUT2D eigenvalue weighted by Gasteiger charge is -2.18. The molecule has 1 nitrogen and oxygen atoms in total. The fourth-order valence-corrected chi connectivity index (χ4v) is 0.363. The van der Waals surface area contributed by atoms with Crippen molar-refractivity contribution in [3.05, 3.63) is 12.7 Å². The molecule has 0 aliphatic heterocycles. The molecule has 0 aromatic heterocycles. The zero-order valence-corrected chi connectivity index (χ0v) is 5.94. The van der Waals surface area contributed by atoms with Gasteiger partial charge >= 0.3 is 12.3 Å². The van der Waals surface area contributed by atoms with Crippen molar-refractivity contribution in [1.82, 2.24) is 0 Å². The highest BCUT2D eigenvalue weighted by Gasteiger charge is 2.50. The number of ether oxygens (including phenoxy) is 1. The lowest BCUT2D eigenvalue weighted by Crippen LogP contribution is -2.39. The summed E-state index contributed by atoms with van der Waals surface area (Å²) < 4.78 is 62.6. The zero-order valence-electron chi connectivity index (χ0n) is 5.94. The van der Waals surface area contributed by atoms with Crippen LogP contribution in [-0.2, 0) is 4.74 Å². The van der Waals surface area contributed by atoms with Crippen LogP contribution in [0.5, 0.6) is 0 Å². The summed E-state index contributed by atoms with van der Waals surface area (Å²) in [5.41, 5.74) is 0. The summed E-state index contributed by atoms with van der Waals surface area (Å²) >= 11 is 0. The molecule has 0 bridgehead atoms. The Morgan fingerprint density at radius 3 is 2.17 bits per heavy atom. The van der Waals surface area contributed by atoms with Crippen molar-refractivity contribution in [2.45, 2.75) is 18.7 Å². The van der Waals surface area contributed by atoms with Gasteiger partial charge in [-0.3, -0.25) is 0 Å². The lowest BCUT2D eigenvalue weighted by atomic mass is 10.3. The van der Waals surface area contributed by atoms with Crippen molar-refractivity contribution < 1.29 is 26.7 Å². The molecule has 1 unspecified atom stereocenters. The standard InChI is InChI=1S/C6H7F5O/c1-2-3-12-5(9)6(10,11)4(7)8/h2,4-5H,1,3H2. The van der Waals surface area contributed by atoms with Crippen LogP contribution in [0.1, 0.15) is 0 Å². The molecule has 0 aliphatic rings. The molecule has 72 valence electrons. The number of rotatable bonds is 5. The predicted octanol–water partition coefficient (Wildman–Crippen LogP) is 2.39. The normalized spacial score (nSPS) is 14.8. The van der Waals surface area contributed by atoms with E-state index in [-0.39, 0.29) is 0 Å². The zero-order chi connectivity index (χ0) is 9.78. The molecule has 0 saturated heterocycles. The first kappa shape index (κ1) is 11.4. The molecule has 6 heteroatoms. The topological polar surface area (TPSA) is 9.23 Å². The molecular formula is C6H7F5O. The maximum Gasteiger partial charge on any atom is 0.361 e. The van der Waals surface area contributed by atoms with Gasteiger partial charge in [0.2, 0.25) is 0 Å². The minimum Gasteiger partial charge on any atom is -0.339 e. The van der Waals surface area contributed by atoms with Crippen LogP contribution in [0.4, 0.5) is 22.0 Å². The molecule has 0 N–H and O–H groups in total. The van der Waals surface area contributed by atoms with E-state index in [4.69, 9.17) is 0 Å². The summed E-state index contributed by atoms with van der Waals surface area (Å²) in [5.74, 6) is -4.76. The van der Waals surface area contributed by atoms with E-state index in [1.807, 2.05) is 0 Å². The minimum absolute atomic E-state index is 0.538. The van der Waals surface area contributed by atoms with Gasteiger partial charge < -0.3 is 4.74 Å². The maximum atomic E-state index is 12.1. The highest BCUT2D eigenvalue weighted by molar-refractivity contribution is 4.74. The second kappa shape index (κ2) is 4.39.